The Morgan fingerprint density at radius 1 is 1.22 bits per heavy atom. The van der Waals surface area contributed by atoms with E-state index in [-0.39, 0.29) is 18.5 Å². The van der Waals surface area contributed by atoms with Gasteiger partial charge in [0.1, 0.15) is 0 Å². The maximum atomic E-state index is 11.4. The van der Waals surface area contributed by atoms with Crippen LogP contribution in [0.4, 0.5) is 10.5 Å². The van der Waals surface area contributed by atoms with Gasteiger partial charge in [-0.2, -0.15) is 0 Å². The average Bonchev–Trinajstić information content (AvgIpc) is 2.27. The molecule has 1 aromatic rings. The number of hydrogen-bond acceptors (Lipinski definition) is 3. The number of anilines is 1. The Labute approximate surface area is 120 Å². The van der Waals surface area contributed by atoms with E-state index in [9.17, 15) is 9.59 Å². The zero-order chi connectivity index (χ0) is 13.5. The standard InChI is InChI=1S/C12H16IN3O2/c1-8(2)15-12(18)16-11(17)7-14-10-5-3-9(13)4-6-10/h3-6,8,14H,7H2,1-2H3,(H2,15,16,17,18). The van der Waals surface area contributed by atoms with Gasteiger partial charge in [-0.05, 0) is 60.7 Å². The fourth-order valence-electron chi connectivity index (χ4n) is 1.22. The molecule has 0 bridgehead atoms. The largest absolute Gasteiger partial charge is 0.376 e. The minimum absolute atomic E-state index is 0.00181. The van der Waals surface area contributed by atoms with Crippen molar-refractivity contribution in [1.29, 1.82) is 0 Å². The molecule has 0 aliphatic carbocycles. The van der Waals surface area contributed by atoms with Gasteiger partial charge in [0.15, 0.2) is 0 Å². The fourth-order valence-corrected chi connectivity index (χ4v) is 1.58. The predicted molar refractivity (Wildman–Crippen MR) is 79.5 cm³/mol. The van der Waals surface area contributed by atoms with E-state index in [1.165, 1.54) is 0 Å². The molecule has 0 fully saturated rings. The van der Waals surface area contributed by atoms with Crippen molar-refractivity contribution in [1.82, 2.24) is 10.6 Å². The Bertz CT molecular complexity index is 418. The van der Waals surface area contributed by atoms with E-state index < -0.39 is 6.03 Å². The number of imide groups is 1. The number of halogens is 1. The van der Waals surface area contributed by atoms with Crippen LogP contribution in [-0.4, -0.2) is 24.5 Å². The van der Waals surface area contributed by atoms with Gasteiger partial charge in [-0.1, -0.05) is 0 Å². The van der Waals surface area contributed by atoms with Crippen LogP contribution in [-0.2, 0) is 4.79 Å². The highest BCUT2D eigenvalue weighted by molar-refractivity contribution is 14.1. The molecule has 0 spiro atoms. The van der Waals surface area contributed by atoms with Gasteiger partial charge in [0.05, 0.1) is 6.54 Å². The molecule has 1 rings (SSSR count). The smallest absolute Gasteiger partial charge is 0.321 e. The third kappa shape index (κ3) is 5.85. The summed E-state index contributed by atoms with van der Waals surface area (Å²) in [7, 11) is 0. The maximum Gasteiger partial charge on any atom is 0.321 e. The highest BCUT2D eigenvalue weighted by atomic mass is 127. The molecule has 0 aliphatic rings. The lowest BCUT2D eigenvalue weighted by atomic mass is 10.3. The van der Waals surface area contributed by atoms with Crippen LogP contribution in [0.15, 0.2) is 24.3 Å². The van der Waals surface area contributed by atoms with E-state index in [2.05, 4.69) is 38.5 Å². The molecule has 0 aliphatic heterocycles. The quantitative estimate of drug-likeness (QED) is 0.718. The van der Waals surface area contributed by atoms with E-state index >= 15 is 0 Å². The first kappa shape index (κ1) is 14.7. The molecule has 0 radical (unpaired) electrons. The Morgan fingerprint density at radius 3 is 2.39 bits per heavy atom. The number of rotatable bonds is 4. The molecule has 3 N–H and O–H groups in total. The van der Waals surface area contributed by atoms with Gasteiger partial charge in [0.25, 0.3) is 0 Å². The van der Waals surface area contributed by atoms with E-state index in [0.29, 0.717) is 0 Å². The van der Waals surface area contributed by atoms with Crippen molar-refractivity contribution in [2.45, 2.75) is 19.9 Å². The minimum atomic E-state index is -0.473. The molecule has 0 saturated heterocycles. The van der Waals surface area contributed by atoms with E-state index in [1.807, 2.05) is 38.1 Å². The van der Waals surface area contributed by atoms with Crippen LogP contribution >= 0.6 is 22.6 Å². The molecule has 6 heteroatoms. The van der Waals surface area contributed by atoms with Crippen LogP contribution in [0.25, 0.3) is 0 Å². The highest BCUT2D eigenvalue weighted by Crippen LogP contribution is 2.10. The van der Waals surface area contributed by atoms with Gasteiger partial charge in [-0.25, -0.2) is 4.79 Å². The summed E-state index contributed by atoms with van der Waals surface area (Å²) in [5.74, 6) is -0.369. The second kappa shape index (κ2) is 7.20. The van der Waals surface area contributed by atoms with Gasteiger partial charge in [0, 0.05) is 15.3 Å². The summed E-state index contributed by atoms with van der Waals surface area (Å²) in [4.78, 5) is 22.7. The summed E-state index contributed by atoms with van der Waals surface area (Å²) in [5.41, 5.74) is 0.842. The molecule has 0 aromatic heterocycles. The first-order chi connectivity index (χ1) is 8.47. The normalized spacial score (nSPS) is 10.0. The number of nitrogens with one attached hydrogen (secondary N) is 3. The predicted octanol–water partition coefficient (Wildman–Crippen LogP) is 1.94. The molecule has 98 valence electrons. The van der Waals surface area contributed by atoms with Crippen molar-refractivity contribution in [3.05, 3.63) is 27.8 Å². The molecule has 0 unspecified atom stereocenters. The number of hydrogen-bond donors (Lipinski definition) is 3. The van der Waals surface area contributed by atoms with Crippen molar-refractivity contribution >= 4 is 40.2 Å². The zero-order valence-corrected chi connectivity index (χ0v) is 12.4. The number of carbonyl (C=O) groups is 2. The zero-order valence-electron chi connectivity index (χ0n) is 10.3. The summed E-state index contributed by atoms with van der Waals surface area (Å²) >= 11 is 2.21. The van der Waals surface area contributed by atoms with Crippen molar-refractivity contribution in [3.8, 4) is 0 Å². The van der Waals surface area contributed by atoms with Crippen molar-refractivity contribution < 1.29 is 9.59 Å². The first-order valence-corrected chi connectivity index (χ1v) is 6.65. The van der Waals surface area contributed by atoms with Crippen molar-refractivity contribution in [2.24, 2.45) is 0 Å². The van der Waals surface area contributed by atoms with E-state index in [1.54, 1.807) is 0 Å². The molecule has 5 nitrogen and oxygen atoms in total. The van der Waals surface area contributed by atoms with Crippen LogP contribution in [0.3, 0.4) is 0 Å². The second-order valence-corrected chi connectivity index (χ2v) is 5.28. The molecular formula is C12H16IN3O2. The summed E-state index contributed by atoms with van der Waals surface area (Å²) in [6.45, 7) is 3.72. The Morgan fingerprint density at radius 2 is 1.83 bits per heavy atom. The monoisotopic (exact) mass is 361 g/mol. The third-order valence-electron chi connectivity index (χ3n) is 1.97. The van der Waals surface area contributed by atoms with Crippen LogP contribution in [0.1, 0.15) is 13.8 Å². The average molecular weight is 361 g/mol. The number of benzene rings is 1. The Balaban J connectivity index is 2.33. The van der Waals surface area contributed by atoms with Crippen LogP contribution in [0.5, 0.6) is 0 Å². The molecule has 0 heterocycles. The third-order valence-corrected chi connectivity index (χ3v) is 2.69. The lowest BCUT2D eigenvalue weighted by Crippen LogP contribution is -2.44. The SMILES string of the molecule is CC(C)NC(=O)NC(=O)CNc1ccc(I)cc1. The summed E-state index contributed by atoms with van der Waals surface area (Å²) in [5, 5.41) is 7.75. The number of carbonyl (C=O) groups excluding carboxylic acids is 2. The van der Waals surface area contributed by atoms with E-state index in [4.69, 9.17) is 0 Å². The first-order valence-electron chi connectivity index (χ1n) is 5.57. The summed E-state index contributed by atoms with van der Waals surface area (Å²) in [6.07, 6.45) is 0. The molecule has 0 atom stereocenters. The lowest BCUT2D eigenvalue weighted by molar-refractivity contribution is -0.118. The topological polar surface area (TPSA) is 70.2 Å². The minimum Gasteiger partial charge on any atom is -0.376 e. The summed E-state index contributed by atoms with van der Waals surface area (Å²) in [6, 6.07) is 7.16. The van der Waals surface area contributed by atoms with Crippen molar-refractivity contribution in [2.75, 3.05) is 11.9 Å². The molecule has 0 saturated carbocycles. The van der Waals surface area contributed by atoms with E-state index in [0.717, 1.165) is 9.26 Å². The number of urea groups is 1. The molecule has 1 aromatic carbocycles. The van der Waals surface area contributed by atoms with Crippen LogP contribution < -0.4 is 16.0 Å². The summed E-state index contributed by atoms with van der Waals surface area (Å²) < 4.78 is 1.12. The van der Waals surface area contributed by atoms with Gasteiger partial charge in [-0.15, -0.1) is 0 Å². The maximum absolute atomic E-state index is 11.4. The van der Waals surface area contributed by atoms with Crippen LogP contribution in [0.2, 0.25) is 0 Å². The van der Waals surface area contributed by atoms with Gasteiger partial charge < -0.3 is 10.6 Å². The number of amides is 3. The second-order valence-electron chi connectivity index (χ2n) is 4.04. The Hall–Kier alpha value is -1.31. The Kier molecular flexibility index (Phi) is 5.90. The fraction of sp³-hybridized carbons (Fsp3) is 0.333. The molecule has 3 amide bonds. The molecule has 18 heavy (non-hydrogen) atoms. The van der Waals surface area contributed by atoms with Crippen LogP contribution in [0, 0.1) is 3.57 Å². The van der Waals surface area contributed by atoms with Gasteiger partial charge in [0.2, 0.25) is 5.91 Å². The van der Waals surface area contributed by atoms with Gasteiger partial charge >= 0.3 is 6.03 Å². The molecular weight excluding hydrogens is 345 g/mol. The lowest BCUT2D eigenvalue weighted by Gasteiger charge is -2.10. The highest BCUT2D eigenvalue weighted by Gasteiger charge is 2.07. The van der Waals surface area contributed by atoms with Crippen molar-refractivity contribution in [3.63, 3.8) is 0 Å². The van der Waals surface area contributed by atoms with Gasteiger partial charge in [-0.3, -0.25) is 10.1 Å².